The van der Waals surface area contributed by atoms with Crippen molar-refractivity contribution >= 4 is 17.7 Å². The second kappa shape index (κ2) is 5.31. The standard InChI is InChI=1S/C12H14O4S/c1-8(12(13)14)5-17-6-9-2-3-10-11(4-9)16-7-15-10/h2-4,8H,5-7H2,1H3,(H,13,14). The molecule has 2 rings (SSSR count). The fourth-order valence-corrected chi connectivity index (χ4v) is 2.48. The van der Waals surface area contributed by atoms with Crippen molar-refractivity contribution in [1.29, 1.82) is 0 Å². The maximum absolute atomic E-state index is 10.6. The number of fused-ring (bicyclic) bond motifs is 1. The highest BCUT2D eigenvalue weighted by atomic mass is 32.2. The second-order valence-corrected chi connectivity index (χ2v) is 4.97. The molecule has 1 aromatic carbocycles. The lowest BCUT2D eigenvalue weighted by atomic mass is 10.2. The zero-order valence-electron chi connectivity index (χ0n) is 9.51. The molecule has 1 heterocycles. The van der Waals surface area contributed by atoms with Gasteiger partial charge in [-0.2, -0.15) is 11.8 Å². The number of rotatable bonds is 5. The Bertz CT molecular complexity index is 419. The fraction of sp³-hybridized carbons (Fsp3) is 0.417. The molecule has 4 nitrogen and oxygen atoms in total. The van der Waals surface area contributed by atoms with E-state index in [0.717, 1.165) is 22.8 Å². The Kier molecular flexibility index (Phi) is 3.78. The SMILES string of the molecule is CC(CSCc1ccc2c(c1)OCO2)C(=O)O. The Morgan fingerprint density at radius 1 is 1.47 bits per heavy atom. The van der Waals surface area contributed by atoms with Crippen LogP contribution in [0.15, 0.2) is 18.2 Å². The lowest BCUT2D eigenvalue weighted by Crippen LogP contribution is -2.11. The van der Waals surface area contributed by atoms with E-state index in [4.69, 9.17) is 14.6 Å². The number of thioether (sulfide) groups is 1. The van der Waals surface area contributed by atoms with Crippen LogP contribution in [0.25, 0.3) is 0 Å². The third-order valence-electron chi connectivity index (χ3n) is 2.50. The summed E-state index contributed by atoms with van der Waals surface area (Å²) in [7, 11) is 0. The predicted octanol–water partition coefficient (Wildman–Crippen LogP) is 2.37. The summed E-state index contributed by atoms with van der Waals surface area (Å²) in [6.07, 6.45) is 0. The first kappa shape index (κ1) is 12.1. The number of aliphatic carboxylic acids is 1. The van der Waals surface area contributed by atoms with Crippen LogP contribution in [0.1, 0.15) is 12.5 Å². The molecule has 0 spiro atoms. The van der Waals surface area contributed by atoms with Gasteiger partial charge in [0, 0.05) is 11.5 Å². The summed E-state index contributed by atoms with van der Waals surface area (Å²) in [5, 5.41) is 8.76. The molecule has 1 atom stereocenters. The number of carboxylic acids is 1. The molecule has 1 unspecified atom stereocenters. The van der Waals surface area contributed by atoms with Crippen molar-refractivity contribution in [2.45, 2.75) is 12.7 Å². The van der Waals surface area contributed by atoms with E-state index in [0.29, 0.717) is 5.75 Å². The lowest BCUT2D eigenvalue weighted by Gasteiger charge is -2.06. The van der Waals surface area contributed by atoms with Gasteiger partial charge in [0.15, 0.2) is 11.5 Å². The molecular weight excluding hydrogens is 240 g/mol. The zero-order chi connectivity index (χ0) is 12.3. The van der Waals surface area contributed by atoms with Crippen molar-refractivity contribution in [3.8, 4) is 11.5 Å². The molecule has 0 amide bonds. The number of ether oxygens (including phenoxy) is 2. The Balaban J connectivity index is 1.85. The summed E-state index contributed by atoms with van der Waals surface area (Å²) < 4.78 is 10.5. The molecule has 17 heavy (non-hydrogen) atoms. The van der Waals surface area contributed by atoms with E-state index in [9.17, 15) is 4.79 Å². The zero-order valence-corrected chi connectivity index (χ0v) is 10.3. The highest BCUT2D eigenvalue weighted by Crippen LogP contribution is 2.33. The van der Waals surface area contributed by atoms with Crippen molar-refractivity contribution < 1.29 is 19.4 Å². The van der Waals surface area contributed by atoms with Gasteiger partial charge in [0.1, 0.15) is 0 Å². The van der Waals surface area contributed by atoms with Crippen LogP contribution >= 0.6 is 11.8 Å². The molecule has 1 N–H and O–H groups in total. The van der Waals surface area contributed by atoms with Crippen molar-refractivity contribution in [3.63, 3.8) is 0 Å². The molecule has 1 aliphatic rings. The van der Waals surface area contributed by atoms with Crippen LogP contribution in [-0.2, 0) is 10.5 Å². The quantitative estimate of drug-likeness (QED) is 0.874. The second-order valence-electron chi connectivity index (χ2n) is 3.94. The van der Waals surface area contributed by atoms with Crippen LogP contribution in [0.5, 0.6) is 11.5 Å². The van der Waals surface area contributed by atoms with Crippen LogP contribution in [0.2, 0.25) is 0 Å². The molecule has 0 bridgehead atoms. The summed E-state index contributed by atoms with van der Waals surface area (Å²) in [4.78, 5) is 10.6. The van der Waals surface area contributed by atoms with Crippen LogP contribution in [0.3, 0.4) is 0 Å². The van der Waals surface area contributed by atoms with Gasteiger partial charge in [-0.1, -0.05) is 13.0 Å². The highest BCUT2D eigenvalue weighted by molar-refractivity contribution is 7.98. The van der Waals surface area contributed by atoms with Gasteiger partial charge in [0.25, 0.3) is 0 Å². The topological polar surface area (TPSA) is 55.8 Å². The molecule has 1 aromatic rings. The van der Waals surface area contributed by atoms with Crippen LogP contribution < -0.4 is 9.47 Å². The maximum Gasteiger partial charge on any atom is 0.307 e. The molecule has 92 valence electrons. The van der Waals surface area contributed by atoms with Gasteiger partial charge in [0.2, 0.25) is 6.79 Å². The Morgan fingerprint density at radius 2 is 2.24 bits per heavy atom. The van der Waals surface area contributed by atoms with Crippen molar-refractivity contribution in [2.75, 3.05) is 12.5 Å². The van der Waals surface area contributed by atoms with Crippen LogP contribution in [-0.4, -0.2) is 23.6 Å². The monoisotopic (exact) mass is 254 g/mol. The average molecular weight is 254 g/mol. The van der Waals surface area contributed by atoms with Crippen molar-refractivity contribution in [1.82, 2.24) is 0 Å². The molecule has 0 aromatic heterocycles. The van der Waals surface area contributed by atoms with Gasteiger partial charge in [-0.3, -0.25) is 4.79 Å². The number of carbonyl (C=O) groups is 1. The van der Waals surface area contributed by atoms with Gasteiger partial charge in [-0.25, -0.2) is 0 Å². The first-order chi connectivity index (χ1) is 8.16. The molecule has 0 fully saturated rings. The summed E-state index contributed by atoms with van der Waals surface area (Å²) >= 11 is 1.61. The Labute approximate surface area is 104 Å². The highest BCUT2D eigenvalue weighted by Gasteiger charge is 2.14. The minimum absolute atomic E-state index is 0.280. The largest absolute Gasteiger partial charge is 0.481 e. The van der Waals surface area contributed by atoms with E-state index in [-0.39, 0.29) is 12.7 Å². The normalized spacial score (nSPS) is 14.6. The van der Waals surface area contributed by atoms with Crippen molar-refractivity contribution in [3.05, 3.63) is 23.8 Å². The molecule has 0 radical (unpaired) electrons. The van der Waals surface area contributed by atoms with Gasteiger partial charge in [-0.05, 0) is 17.7 Å². The number of hydrogen-bond donors (Lipinski definition) is 1. The van der Waals surface area contributed by atoms with E-state index < -0.39 is 5.97 Å². The Morgan fingerprint density at radius 3 is 3.00 bits per heavy atom. The first-order valence-corrected chi connectivity index (χ1v) is 6.51. The molecule has 0 aliphatic carbocycles. The van der Waals surface area contributed by atoms with Gasteiger partial charge in [0.05, 0.1) is 5.92 Å². The van der Waals surface area contributed by atoms with E-state index in [1.165, 1.54) is 0 Å². The average Bonchev–Trinajstić information content (AvgIpc) is 2.75. The summed E-state index contributed by atoms with van der Waals surface area (Å²) in [6, 6.07) is 5.81. The minimum Gasteiger partial charge on any atom is -0.481 e. The smallest absolute Gasteiger partial charge is 0.307 e. The third-order valence-corrected chi connectivity index (χ3v) is 3.77. The van der Waals surface area contributed by atoms with E-state index in [2.05, 4.69) is 0 Å². The number of hydrogen-bond acceptors (Lipinski definition) is 4. The summed E-state index contributed by atoms with van der Waals surface area (Å²) in [5.41, 5.74) is 1.12. The Hall–Kier alpha value is -1.36. The van der Waals surface area contributed by atoms with Gasteiger partial charge in [-0.15, -0.1) is 0 Å². The van der Waals surface area contributed by atoms with Crippen LogP contribution in [0, 0.1) is 5.92 Å². The fourth-order valence-electron chi connectivity index (χ4n) is 1.46. The van der Waals surface area contributed by atoms with Gasteiger partial charge >= 0.3 is 5.97 Å². The van der Waals surface area contributed by atoms with Crippen molar-refractivity contribution in [2.24, 2.45) is 5.92 Å². The molecular formula is C12H14O4S. The maximum atomic E-state index is 10.6. The van der Waals surface area contributed by atoms with Crippen LogP contribution in [0.4, 0.5) is 0 Å². The molecule has 5 heteroatoms. The molecule has 0 saturated heterocycles. The van der Waals surface area contributed by atoms with E-state index in [1.807, 2.05) is 18.2 Å². The summed E-state index contributed by atoms with van der Waals surface area (Å²) in [6.45, 7) is 2.00. The predicted molar refractivity (Wildman–Crippen MR) is 65.5 cm³/mol. The van der Waals surface area contributed by atoms with E-state index in [1.54, 1.807) is 18.7 Å². The third kappa shape index (κ3) is 3.06. The first-order valence-electron chi connectivity index (χ1n) is 5.36. The summed E-state index contributed by atoms with van der Waals surface area (Å²) in [5.74, 6) is 1.89. The molecule has 1 aliphatic heterocycles. The minimum atomic E-state index is -0.747. The molecule has 0 saturated carbocycles. The lowest BCUT2D eigenvalue weighted by molar-refractivity contribution is -0.140. The number of benzene rings is 1. The number of carboxylic acid groups (broad SMARTS) is 1. The van der Waals surface area contributed by atoms with Gasteiger partial charge < -0.3 is 14.6 Å². The van der Waals surface area contributed by atoms with E-state index >= 15 is 0 Å².